The SMILES string of the molecule is COc1cc(C(=O)O)ccc1OCCOc1ccc(C(C)C)cc1. The molecule has 0 aliphatic rings. The zero-order chi connectivity index (χ0) is 17.5. The Labute approximate surface area is 141 Å². The van der Waals surface area contributed by atoms with Gasteiger partial charge in [0, 0.05) is 0 Å². The van der Waals surface area contributed by atoms with Gasteiger partial charge in [0.25, 0.3) is 0 Å². The molecule has 2 rings (SSSR count). The summed E-state index contributed by atoms with van der Waals surface area (Å²) in [5.41, 5.74) is 1.42. The van der Waals surface area contributed by atoms with E-state index in [0.717, 1.165) is 5.75 Å². The number of carboxylic acids is 1. The molecule has 0 aliphatic carbocycles. The Morgan fingerprint density at radius 2 is 1.67 bits per heavy atom. The molecule has 2 aromatic carbocycles. The van der Waals surface area contributed by atoms with Crippen molar-refractivity contribution in [3.63, 3.8) is 0 Å². The minimum Gasteiger partial charge on any atom is -0.493 e. The monoisotopic (exact) mass is 330 g/mol. The summed E-state index contributed by atoms with van der Waals surface area (Å²) in [7, 11) is 1.47. The lowest BCUT2D eigenvalue weighted by Crippen LogP contribution is -2.10. The van der Waals surface area contributed by atoms with Gasteiger partial charge in [0.2, 0.25) is 0 Å². The van der Waals surface area contributed by atoms with Gasteiger partial charge < -0.3 is 19.3 Å². The molecule has 2 aromatic rings. The quantitative estimate of drug-likeness (QED) is 0.742. The molecule has 0 unspecified atom stereocenters. The molecule has 0 aliphatic heterocycles. The highest BCUT2D eigenvalue weighted by molar-refractivity contribution is 5.88. The van der Waals surface area contributed by atoms with E-state index in [2.05, 4.69) is 26.0 Å². The second kappa shape index (κ2) is 8.24. The molecule has 0 radical (unpaired) electrons. The van der Waals surface area contributed by atoms with E-state index in [1.807, 2.05) is 12.1 Å². The van der Waals surface area contributed by atoms with Gasteiger partial charge in [-0.05, 0) is 41.8 Å². The average molecular weight is 330 g/mol. The Hall–Kier alpha value is -2.69. The fraction of sp³-hybridized carbons (Fsp3) is 0.316. The summed E-state index contributed by atoms with van der Waals surface area (Å²) in [6.07, 6.45) is 0. The van der Waals surface area contributed by atoms with Crippen LogP contribution in [0.2, 0.25) is 0 Å². The maximum Gasteiger partial charge on any atom is 0.335 e. The van der Waals surface area contributed by atoms with Gasteiger partial charge >= 0.3 is 5.97 Å². The van der Waals surface area contributed by atoms with Crippen LogP contribution in [0.4, 0.5) is 0 Å². The van der Waals surface area contributed by atoms with Crippen molar-refractivity contribution >= 4 is 5.97 Å². The van der Waals surface area contributed by atoms with Crippen molar-refractivity contribution in [2.75, 3.05) is 20.3 Å². The summed E-state index contributed by atoms with van der Waals surface area (Å²) in [5, 5.41) is 8.97. The van der Waals surface area contributed by atoms with E-state index in [9.17, 15) is 4.79 Å². The zero-order valence-corrected chi connectivity index (χ0v) is 14.1. The van der Waals surface area contributed by atoms with Crippen LogP contribution in [0.3, 0.4) is 0 Å². The Balaban J connectivity index is 1.86. The van der Waals surface area contributed by atoms with Crippen LogP contribution in [-0.4, -0.2) is 31.4 Å². The number of ether oxygens (including phenoxy) is 3. The van der Waals surface area contributed by atoms with Crippen molar-refractivity contribution in [1.82, 2.24) is 0 Å². The predicted molar refractivity (Wildman–Crippen MR) is 91.5 cm³/mol. The summed E-state index contributed by atoms with van der Waals surface area (Å²) < 4.78 is 16.4. The van der Waals surface area contributed by atoms with Crippen LogP contribution in [0, 0.1) is 0 Å². The van der Waals surface area contributed by atoms with E-state index in [0.29, 0.717) is 30.6 Å². The summed E-state index contributed by atoms with van der Waals surface area (Å²) in [4.78, 5) is 10.9. The van der Waals surface area contributed by atoms with Crippen molar-refractivity contribution in [2.24, 2.45) is 0 Å². The Morgan fingerprint density at radius 1 is 1.00 bits per heavy atom. The minimum atomic E-state index is -1.01. The largest absolute Gasteiger partial charge is 0.493 e. The third-order valence-corrected chi connectivity index (χ3v) is 3.57. The Bertz CT molecular complexity index is 677. The third kappa shape index (κ3) is 4.65. The summed E-state index contributed by atoms with van der Waals surface area (Å²) in [5.74, 6) is 1.14. The maximum absolute atomic E-state index is 10.9. The van der Waals surface area contributed by atoms with Crippen molar-refractivity contribution < 1.29 is 24.1 Å². The summed E-state index contributed by atoms with van der Waals surface area (Å²) in [6.45, 7) is 5.00. The van der Waals surface area contributed by atoms with Crippen LogP contribution in [-0.2, 0) is 0 Å². The summed E-state index contributed by atoms with van der Waals surface area (Å²) in [6, 6.07) is 12.5. The lowest BCUT2D eigenvalue weighted by atomic mass is 10.0. The van der Waals surface area contributed by atoms with E-state index in [1.165, 1.54) is 24.8 Å². The third-order valence-electron chi connectivity index (χ3n) is 3.57. The second-order valence-electron chi connectivity index (χ2n) is 5.59. The van der Waals surface area contributed by atoms with Gasteiger partial charge in [0.15, 0.2) is 11.5 Å². The first-order chi connectivity index (χ1) is 11.5. The van der Waals surface area contributed by atoms with Crippen molar-refractivity contribution in [3.05, 3.63) is 53.6 Å². The molecule has 0 heterocycles. The van der Waals surface area contributed by atoms with E-state index in [1.54, 1.807) is 6.07 Å². The van der Waals surface area contributed by atoms with Crippen LogP contribution >= 0.6 is 0 Å². The molecule has 0 saturated carbocycles. The van der Waals surface area contributed by atoms with Gasteiger partial charge in [-0.25, -0.2) is 4.79 Å². The summed E-state index contributed by atoms with van der Waals surface area (Å²) >= 11 is 0. The number of carboxylic acid groups (broad SMARTS) is 1. The molecular formula is C19H22O5. The lowest BCUT2D eigenvalue weighted by Gasteiger charge is -2.12. The first kappa shape index (κ1) is 17.7. The van der Waals surface area contributed by atoms with Crippen molar-refractivity contribution in [3.8, 4) is 17.2 Å². The molecule has 0 aromatic heterocycles. The standard InChI is InChI=1S/C19H22O5/c1-13(2)14-4-7-16(8-5-14)23-10-11-24-17-9-6-15(19(20)21)12-18(17)22-3/h4-9,12-13H,10-11H2,1-3H3,(H,20,21). The Kier molecular flexibility index (Phi) is 6.07. The predicted octanol–water partition coefficient (Wildman–Crippen LogP) is 3.97. The highest BCUT2D eigenvalue weighted by Gasteiger charge is 2.10. The van der Waals surface area contributed by atoms with Gasteiger partial charge in [-0.2, -0.15) is 0 Å². The number of rotatable bonds is 8. The van der Waals surface area contributed by atoms with E-state index in [-0.39, 0.29) is 5.56 Å². The van der Waals surface area contributed by atoms with Crippen molar-refractivity contribution in [1.29, 1.82) is 0 Å². The Morgan fingerprint density at radius 3 is 2.25 bits per heavy atom. The molecule has 0 atom stereocenters. The number of hydrogen-bond donors (Lipinski definition) is 1. The second-order valence-corrected chi connectivity index (χ2v) is 5.59. The maximum atomic E-state index is 10.9. The molecule has 0 amide bonds. The number of benzene rings is 2. The fourth-order valence-corrected chi connectivity index (χ4v) is 2.18. The van der Waals surface area contributed by atoms with Crippen molar-refractivity contribution in [2.45, 2.75) is 19.8 Å². The van der Waals surface area contributed by atoms with Crippen LogP contribution in [0.5, 0.6) is 17.2 Å². The van der Waals surface area contributed by atoms with Gasteiger partial charge in [-0.3, -0.25) is 0 Å². The highest BCUT2D eigenvalue weighted by Crippen LogP contribution is 2.28. The minimum absolute atomic E-state index is 0.153. The zero-order valence-electron chi connectivity index (χ0n) is 14.1. The highest BCUT2D eigenvalue weighted by atomic mass is 16.5. The number of hydrogen-bond acceptors (Lipinski definition) is 4. The van der Waals surface area contributed by atoms with Gasteiger partial charge in [0.1, 0.15) is 19.0 Å². The van der Waals surface area contributed by atoms with Crippen LogP contribution in [0.1, 0.15) is 35.7 Å². The molecule has 0 saturated heterocycles. The molecule has 0 bridgehead atoms. The van der Waals surface area contributed by atoms with Gasteiger partial charge in [0.05, 0.1) is 12.7 Å². The fourth-order valence-electron chi connectivity index (χ4n) is 2.18. The van der Waals surface area contributed by atoms with Gasteiger partial charge in [-0.15, -0.1) is 0 Å². The first-order valence-corrected chi connectivity index (χ1v) is 7.78. The lowest BCUT2D eigenvalue weighted by molar-refractivity contribution is 0.0696. The van der Waals surface area contributed by atoms with E-state index < -0.39 is 5.97 Å². The van der Waals surface area contributed by atoms with Crippen LogP contribution in [0.15, 0.2) is 42.5 Å². The molecule has 5 nitrogen and oxygen atoms in total. The topological polar surface area (TPSA) is 65.0 Å². The number of carbonyl (C=O) groups is 1. The van der Waals surface area contributed by atoms with Crippen LogP contribution < -0.4 is 14.2 Å². The van der Waals surface area contributed by atoms with E-state index >= 15 is 0 Å². The average Bonchev–Trinajstić information content (AvgIpc) is 2.59. The van der Waals surface area contributed by atoms with E-state index in [4.69, 9.17) is 19.3 Å². The molecule has 0 spiro atoms. The molecule has 5 heteroatoms. The number of methoxy groups -OCH3 is 1. The number of aromatic carboxylic acids is 1. The van der Waals surface area contributed by atoms with Crippen LogP contribution in [0.25, 0.3) is 0 Å². The molecule has 24 heavy (non-hydrogen) atoms. The molecule has 128 valence electrons. The molecule has 1 N–H and O–H groups in total. The molecule has 0 fully saturated rings. The first-order valence-electron chi connectivity index (χ1n) is 7.78. The normalized spacial score (nSPS) is 10.5. The molecular weight excluding hydrogens is 308 g/mol. The smallest absolute Gasteiger partial charge is 0.335 e. The van der Waals surface area contributed by atoms with Gasteiger partial charge in [-0.1, -0.05) is 26.0 Å².